The molecule has 1 aliphatic rings. The normalized spacial score (nSPS) is 42.5. The van der Waals surface area contributed by atoms with Crippen LogP contribution in [0, 0.1) is 0 Å². The van der Waals surface area contributed by atoms with Gasteiger partial charge in [0.05, 0.1) is 25.4 Å². The molecule has 0 saturated carbocycles. The molecule has 1 heterocycles. The van der Waals surface area contributed by atoms with Crippen LogP contribution in [0.5, 0.6) is 0 Å². The van der Waals surface area contributed by atoms with E-state index in [0.29, 0.717) is 13.2 Å². The molecule has 78 valence electrons. The van der Waals surface area contributed by atoms with Gasteiger partial charge in [-0.1, -0.05) is 15.9 Å². The number of alkyl halides is 1. The third kappa shape index (κ3) is 3.67. The van der Waals surface area contributed by atoms with Crippen LogP contribution in [0.25, 0.3) is 0 Å². The molecule has 1 saturated heterocycles. The van der Waals surface area contributed by atoms with Crippen molar-refractivity contribution < 1.29 is 13.6 Å². The van der Waals surface area contributed by atoms with E-state index in [9.17, 15) is 0 Å². The first kappa shape index (κ1) is 11.7. The largest absolute Gasteiger partial charge is 0.389 e. The van der Waals surface area contributed by atoms with E-state index in [2.05, 4.69) is 22.5 Å². The van der Waals surface area contributed by atoms with E-state index >= 15 is 0 Å². The Labute approximate surface area is 89.1 Å². The maximum Gasteiger partial charge on any atom is 0.346 e. The van der Waals surface area contributed by atoms with Gasteiger partial charge in [0.25, 0.3) is 0 Å². The molecule has 1 fully saturated rings. The van der Waals surface area contributed by atoms with Gasteiger partial charge >= 0.3 is 8.56 Å². The molecule has 3 nitrogen and oxygen atoms in total. The molecule has 13 heavy (non-hydrogen) atoms. The van der Waals surface area contributed by atoms with Gasteiger partial charge in [-0.05, 0) is 20.4 Å². The zero-order valence-electron chi connectivity index (χ0n) is 8.38. The maximum atomic E-state index is 5.84. The van der Waals surface area contributed by atoms with Crippen LogP contribution in [0.3, 0.4) is 0 Å². The summed E-state index contributed by atoms with van der Waals surface area (Å²) in [5, 5.41) is 0. The fourth-order valence-corrected chi connectivity index (χ4v) is 4.22. The van der Waals surface area contributed by atoms with Crippen LogP contribution in [-0.2, 0) is 13.6 Å². The lowest BCUT2D eigenvalue weighted by Crippen LogP contribution is -2.49. The van der Waals surface area contributed by atoms with Gasteiger partial charge in [0, 0.05) is 4.95 Å². The Morgan fingerprint density at radius 3 is 2.08 bits per heavy atom. The maximum absolute atomic E-state index is 5.84. The summed E-state index contributed by atoms with van der Waals surface area (Å²) in [4.78, 5) is 0.814. The Bertz CT molecular complexity index is 155. The monoisotopic (exact) mass is 268 g/mol. The van der Waals surface area contributed by atoms with Crippen molar-refractivity contribution in [2.45, 2.75) is 32.6 Å². The van der Waals surface area contributed by atoms with Crippen molar-refractivity contribution >= 4 is 24.5 Å². The molecule has 0 bridgehead atoms. The van der Waals surface area contributed by atoms with Crippen LogP contribution in [0.4, 0.5) is 0 Å². The highest BCUT2D eigenvalue weighted by Crippen LogP contribution is 2.18. The lowest BCUT2D eigenvalue weighted by atomic mass is 10.4. The molecule has 0 aromatic rings. The van der Waals surface area contributed by atoms with Gasteiger partial charge in [-0.2, -0.15) is 0 Å². The van der Waals surface area contributed by atoms with Crippen LogP contribution in [0.1, 0.15) is 13.8 Å². The van der Waals surface area contributed by atoms with Crippen molar-refractivity contribution in [3.05, 3.63) is 0 Å². The van der Waals surface area contributed by atoms with Crippen LogP contribution in [-0.4, -0.2) is 38.9 Å². The summed E-state index contributed by atoms with van der Waals surface area (Å²) in [7, 11) is -1.98. The molecule has 0 aromatic heterocycles. The van der Waals surface area contributed by atoms with E-state index in [1.807, 2.05) is 13.8 Å². The molecule has 2 atom stereocenters. The summed E-state index contributed by atoms with van der Waals surface area (Å²) in [6.45, 7) is 7.47. The summed E-state index contributed by atoms with van der Waals surface area (Å²) >= 11 is 3.45. The fraction of sp³-hybridized carbons (Fsp3) is 1.00. The third-order valence-corrected chi connectivity index (χ3v) is 7.19. The predicted octanol–water partition coefficient (Wildman–Crippen LogP) is 1.83. The number of rotatable bonds is 1. The smallest absolute Gasteiger partial charge is 0.346 e. The number of halogens is 1. The van der Waals surface area contributed by atoms with Crippen molar-refractivity contribution in [1.82, 2.24) is 0 Å². The standard InChI is InChI=1S/C8H17BrO3Si/c1-7-4-10-5-8(2)12-13(3,6-9)11-7/h7-8H,4-6H2,1-3H3. The molecule has 0 N–H and O–H groups in total. The highest BCUT2D eigenvalue weighted by Gasteiger charge is 2.35. The average Bonchev–Trinajstić information content (AvgIpc) is 2.01. The van der Waals surface area contributed by atoms with Gasteiger partial charge in [-0.25, -0.2) is 0 Å². The summed E-state index contributed by atoms with van der Waals surface area (Å²) in [5.74, 6) is 0. The highest BCUT2D eigenvalue weighted by atomic mass is 79.9. The molecule has 0 radical (unpaired) electrons. The molecular weight excluding hydrogens is 252 g/mol. The van der Waals surface area contributed by atoms with Gasteiger partial charge in [-0.15, -0.1) is 0 Å². The van der Waals surface area contributed by atoms with E-state index < -0.39 is 8.56 Å². The van der Waals surface area contributed by atoms with E-state index in [0.717, 1.165) is 4.95 Å². The summed E-state index contributed by atoms with van der Waals surface area (Å²) in [5.41, 5.74) is 0. The van der Waals surface area contributed by atoms with Crippen LogP contribution in [0.15, 0.2) is 0 Å². The van der Waals surface area contributed by atoms with Crippen molar-refractivity contribution in [3.8, 4) is 0 Å². The lowest BCUT2D eigenvalue weighted by molar-refractivity contribution is -0.0352. The SMILES string of the molecule is CC1COCC(C)O[Si](C)(CBr)O1. The number of hydrogen-bond acceptors (Lipinski definition) is 3. The second-order valence-electron chi connectivity index (χ2n) is 3.66. The second kappa shape index (κ2) is 4.88. The predicted molar refractivity (Wildman–Crippen MR) is 57.3 cm³/mol. The van der Waals surface area contributed by atoms with E-state index in [-0.39, 0.29) is 12.2 Å². The Hall–Kier alpha value is 0.577. The topological polar surface area (TPSA) is 27.7 Å². The van der Waals surface area contributed by atoms with Crippen molar-refractivity contribution in [2.24, 2.45) is 0 Å². The van der Waals surface area contributed by atoms with Crippen LogP contribution < -0.4 is 0 Å². The summed E-state index contributed by atoms with van der Waals surface area (Å²) in [6, 6.07) is 0. The molecule has 0 spiro atoms. The molecule has 0 aromatic carbocycles. The quantitative estimate of drug-likeness (QED) is 0.537. The fourth-order valence-electron chi connectivity index (χ4n) is 1.41. The third-order valence-electron chi connectivity index (χ3n) is 1.85. The molecule has 0 aliphatic carbocycles. The van der Waals surface area contributed by atoms with E-state index in [1.54, 1.807) is 0 Å². The minimum Gasteiger partial charge on any atom is -0.389 e. The van der Waals surface area contributed by atoms with E-state index in [4.69, 9.17) is 13.6 Å². The average molecular weight is 269 g/mol. The first-order valence-electron chi connectivity index (χ1n) is 4.55. The van der Waals surface area contributed by atoms with Crippen LogP contribution in [0.2, 0.25) is 6.55 Å². The zero-order valence-corrected chi connectivity index (χ0v) is 11.0. The van der Waals surface area contributed by atoms with Crippen LogP contribution >= 0.6 is 15.9 Å². The van der Waals surface area contributed by atoms with E-state index in [1.165, 1.54) is 0 Å². The van der Waals surface area contributed by atoms with Gasteiger partial charge in [0.15, 0.2) is 0 Å². The minimum atomic E-state index is -1.98. The molecular formula is C8H17BrO3Si. The lowest BCUT2D eigenvalue weighted by Gasteiger charge is -2.34. The van der Waals surface area contributed by atoms with Gasteiger partial charge in [-0.3, -0.25) is 0 Å². The molecule has 1 rings (SSSR count). The number of ether oxygens (including phenoxy) is 1. The van der Waals surface area contributed by atoms with Crippen molar-refractivity contribution in [1.29, 1.82) is 0 Å². The van der Waals surface area contributed by atoms with Gasteiger partial charge in [0.1, 0.15) is 0 Å². The Balaban J connectivity index is 2.58. The molecule has 1 aliphatic heterocycles. The Kier molecular flexibility index (Phi) is 4.38. The summed E-state index contributed by atoms with van der Waals surface area (Å²) in [6.07, 6.45) is 0.281. The zero-order chi connectivity index (χ0) is 9.90. The molecule has 2 unspecified atom stereocenters. The van der Waals surface area contributed by atoms with Gasteiger partial charge < -0.3 is 13.6 Å². The highest BCUT2D eigenvalue weighted by molar-refractivity contribution is 9.09. The summed E-state index contributed by atoms with van der Waals surface area (Å²) < 4.78 is 17.1. The first-order valence-corrected chi connectivity index (χ1v) is 8.19. The van der Waals surface area contributed by atoms with Crippen molar-refractivity contribution in [3.63, 3.8) is 0 Å². The van der Waals surface area contributed by atoms with Crippen molar-refractivity contribution in [2.75, 3.05) is 18.2 Å². The Morgan fingerprint density at radius 1 is 1.23 bits per heavy atom. The molecule has 0 amide bonds. The Morgan fingerprint density at radius 2 is 1.69 bits per heavy atom. The number of hydrogen-bond donors (Lipinski definition) is 0. The first-order chi connectivity index (χ1) is 6.06. The molecule has 5 heteroatoms. The second-order valence-corrected chi connectivity index (χ2v) is 8.35. The van der Waals surface area contributed by atoms with Gasteiger partial charge in [0.2, 0.25) is 0 Å². The minimum absolute atomic E-state index is 0.140.